The van der Waals surface area contributed by atoms with Crippen molar-refractivity contribution in [3.8, 4) is 5.75 Å². The lowest BCUT2D eigenvalue weighted by Gasteiger charge is -2.29. The maximum absolute atomic E-state index is 10.5. The lowest BCUT2D eigenvalue weighted by Crippen LogP contribution is -2.35. The van der Waals surface area contributed by atoms with Crippen LogP contribution >= 0.6 is 0 Å². The molecule has 0 unspecified atom stereocenters. The normalized spacial score (nSPS) is 17.3. The Balaban J connectivity index is 1.83. The van der Waals surface area contributed by atoms with E-state index >= 15 is 0 Å². The Morgan fingerprint density at radius 2 is 1.95 bits per heavy atom. The molecule has 1 fully saturated rings. The number of hydrogen-bond acceptors (Lipinski definition) is 3. The predicted octanol–water partition coefficient (Wildman–Crippen LogP) is 2.18. The summed E-state index contributed by atoms with van der Waals surface area (Å²) in [6.45, 7) is 2.17. The fourth-order valence-corrected chi connectivity index (χ4v) is 2.28. The number of carboxylic acid groups (broad SMARTS) is 1. The number of benzene rings is 1. The van der Waals surface area contributed by atoms with Crippen LogP contribution in [-0.2, 0) is 11.2 Å². The summed E-state index contributed by atoms with van der Waals surface area (Å²) < 4.78 is 5.94. The second kappa shape index (κ2) is 6.57. The van der Waals surface area contributed by atoms with E-state index in [-0.39, 0.29) is 6.42 Å². The van der Waals surface area contributed by atoms with E-state index in [1.165, 1.54) is 0 Å². The summed E-state index contributed by atoms with van der Waals surface area (Å²) in [7, 11) is 2.13. The Morgan fingerprint density at radius 3 is 2.53 bits per heavy atom. The third-order valence-electron chi connectivity index (χ3n) is 3.52. The van der Waals surface area contributed by atoms with E-state index in [0.717, 1.165) is 37.2 Å². The number of rotatable bonds is 5. The second-order valence-electron chi connectivity index (χ2n) is 5.16. The first-order valence-corrected chi connectivity index (χ1v) is 6.79. The summed E-state index contributed by atoms with van der Waals surface area (Å²) in [6, 6.07) is 7.78. The minimum absolute atomic E-state index is 0.176. The Kier molecular flexibility index (Phi) is 4.80. The van der Waals surface area contributed by atoms with Crippen molar-refractivity contribution in [2.45, 2.75) is 31.8 Å². The average Bonchev–Trinajstić information content (AvgIpc) is 2.40. The minimum Gasteiger partial charge on any atom is -0.490 e. The summed E-state index contributed by atoms with van der Waals surface area (Å²) in [6.07, 6.45) is 3.19. The lowest BCUT2D eigenvalue weighted by atomic mass is 10.1. The molecule has 4 heteroatoms. The van der Waals surface area contributed by atoms with Crippen LogP contribution in [0.1, 0.15) is 24.8 Å². The topological polar surface area (TPSA) is 49.8 Å². The minimum atomic E-state index is -0.758. The van der Waals surface area contributed by atoms with Gasteiger partial charge in [0, 0.05) is 19.5 Å². The van der Waals surface area contributed by atoms with Crippen LogP contribution in [0.4, 0.5) is 0 Å². The van der Waals surface area contributed by atoms with Crippen LogP contribution in [0.15, 0.2) is 24.3 Å². The highest BCUT2D eigenvalue weighted by Gasteiger charge is 2.17. The van der Waals surface area contributed by atoms with Gasteiger partial charge in [0.2, 0.25) is 0 Å². The van der Waals surface area contributed by atoms with Crippen molar-refractivity contribution in [1.29, 1.82) is 0 Å². The molecule has 1 aliphatic heterocycles. The van der Waals surface area contributed by atoms with Gasteiger partial charge in [0.1, 0.15) is 11.9 Å². The quantitative estimate of drug-likeness (QED) is 0.884. The highest BCUT2D eigenvalue weighted by molar-refractivity contribution is 5.67. The largest absolute Gasteiger partial charge is 0.490 e. The molecule has 4 nitrogen and oxygen atoms in total. The van der Waals surface area contributed by atoms with Gasteiger partial charge in [0.25, 0.3) is 0 Å². The highest BCUT2D eigenvalue weighted by atomic mass is 16.5. The van der Waals surface area contributed by atoms with Gasteiger partial charge in [-0.25, -0.2) is 0 Å². The Hall–Kier alpha value is -1.55. The number of hydrogen-bond donors (Lipinski definition) is 1. The highest BCUT2D eigenvalue weighted by Crippen LogP contribution is 2.19. The van der Waals surface area contributed by atoms with E-state index in [1.54, 1.807) is 0 Å². The van der Waals surface area contributed by atoms with E-state index in [9.17, 15) is 4.79 Å². The van der Waals surface area contributed by atoms with Crippen LogP contribution < -0.4 is 4.74 Å². The zero-order valence-electron chi connectivity index (χ0n) is 11.3. The van der Waals surface area contributed by atoms with Crippen LogP contribution in [0.25, 0.3) is 0 Å². The van der Waals surface area contributed by atoms with Crippen molar-refractivity contribution in [3.63, 3.8) is 0 Å². The third-order valence-corrected chi connectivity index (χ3v) is 3.52. The predicted molar refractivity (Wildman–Crippen MR) is 73.5 cm³/mol. The number of ether oxygens (including phenoxy) is 1. The van der Waals surface area contributed by atoms with Gasteiger partial charge in [-0.15, -0.1) is 0 Å². The van der Waals surface area contributed by atoms with Gasteiger partial charge >= 0.3 is 5.97 Å². The fourth-order valence-electron chi connectivity index (χ4n) is 2.28. The Bertz CT molecular complexity index is 408. The zero-order valence-corrected chi connectivity index (χ0v) is 11.3. The first-order valence-electron chi connectivity index (χ1n) is 6.79. The molecule has 104 valence electrons. The summed E-state index contributed by atoms with van der Waals surface area (Å²) in [5, 5.41) is 8.64. The lowest BCUT2D eigenvalue weighted by molar-refractivity contribution is -0.136. The monoisotopic (exact) mass is 263 g/mol. The van der Waals surface area contributed by atoms with Gasteiger partial charge in [0.15, 0.2) is 0 Å². The number of carboxylic acids is 1. The zero-order chi connectivity index (χ0) is 13.7. The van der Waals surface area contributed by atoms with E-state index in [1.807, 2.05) is 24.3 Å². The van der Waals surface area contributed by atoms with Gasteiger partial charge in [0.05, 0.1) is 0 Å². The molecule has 1 aromatic rings. The first kappa shape index (κ1) is 13.9. The SMILES string of the molecule is CN1CCC(Oc2ccc(CCC(=O)O)cc2)CC1. The van der Waals surface area contributed by atoms with Crippen LogP contribution in [-0.4, -0.2) is 42.2 Å². The van der Waals surface area contributed by atoms with Crippen LogP contribution in [0.5, 0.6) is 5.75 Å². The fraction of sp³-hybridized carbons (Fsp3) is 0.533. The molecule has 1 saturated heterocycles. The van der Waals surface area contributed by atoms with Gasteiger partial charge in [-0.1, -0.05) is 12.1 Å². The molecule has 0 spiro atoms. The number of aryl methyl sites for hydroxylation is 1. The molecule has 0 bridgehead atoms. The van der Waals surface area contributed by atoms with Crippen molar-refractivity contribution < 1.29 is 14.6 Å². The number of nitrogens with zero attached hydrogens (tertiary/aromatic N) is 1. The van der Waals surface area contributed by atoms with Crippen molar-refractivity contribution >= 4 is 5.97 Å². The summed E-state index contributed by atoms with van der Waals surface area (Å²) in [5.74, 6) is 0.125. The van der Waals surface area contributed by atoms with E-state index in [4.69, 9.17) is 9.84 Å². The molecule has 0 aromatic heterocycles. The number of carbonyl (C=O) groups is 1. The molecule has 0 saturated carbocycles. The molecule has 1 N–H and O–H groups in total. The molecular formula is C15H21NO3. The third kappa shape index (κ3) is 4.56. The molecule has 1 aliphatic rings. The summed E-state index contributed by atoms with van der Waals surface area (Å²) in [5.41, 5.74) is 1.04. The van der Waals surface area contributed by atoms with Crippen LogP contribution in [0.3, 0.4) is 0 Å². The maximum Gasteiger partial charge on any atom is 0.303 e. The van der Waals surface area contributed by atoms with Crippen LogP contribution in [0.2, 0.25) is 0 Å². The van der Waals surface area contributed by atoms with Gasteiger partial charge in [-0.05, 0) is 44.0 Å². The van der Waals surface area contributed by atoms with Gasteiger partial charge in [-0.3, -0.25) is 4.79 Å². The van der Waals surface area contributed by atoms with Gasteiger partial charge < -0.3 is 14.7 Å². The molecule has 0 aliphatic carbocycles. The molecule has 19 heavy (non-hydrogen) atoms. The molecular weight excluding hydrogens is 242 g/mol. The first-order chi connectivity index (χ1) is 9.13. The van der Waals surface area contributed by atoms with E-state index < -0.39 is 5.97 Å². The van der Waals surface area contributed by atoms with Crippen LogP contribution in [0, 0.1) is 0 Å². The molecule has 1 heterocycles. The smallest absolute Gasteiger partial charge is 0.303 e. The number of aliphatic carboxylic acids is 1. The average molecular weight is 263 g/mol. The molecule has 2 rings (SSSR count). The van der Waals surface area contributed by atoms with Crippen molar-refractivity contribution in [2.24, 2.45) is 0 Å². The van der Waals surface area contributed by atoms with Crippen molar-refractivity contribution in [2.75, 3.05) is 20.1 Å². The molecule has 0 atom stereocenters. The Labute approximate surface area is 114 Å². The maximum atomic E-state index is 10.5. The van der Waals surface area contributed by atoms with Gasteiger partial charge in [-0.2, -0.15) is 0 Å². The summed E-state index contributed by atoms with van der Waals surface area (Å²) >= 11 is 0. The Morgan fingerprint density at radius 1 is 1.32 bits per heavy atom. The molecule has 1 aromatic carbocycles. The van der Waals surface area contributed by atoms with E-state index in [2.05, 4.69) is 11.9 Å². The summed E-state index contributed by atoms with van der Waals surface area (Å²) in [4.78, 5) is 12.8. The standard InChI is InChI=1S/C15H21NO3/c1-16-10-8-14(9-11-16)19-13-5-2-12(3-6-13)4-7-15(17)18/h2-3,5-6,14H,4,7-11H2,1H3,(H,17,18). The molecule has 0 amide bonds. The number of piperidine rings is 1. The van der Waals surface area contributed by atoms with Crippen molar-refractivity contribution in [1.82, 2.24) is 4.90 Å². The molecule has 0 radical (unpaired) electrons. The number of likely N-dealkylation sites (tertiary alicyclic amines) is 1. The second-order valence-corrected chi connectivity index (χ2v) is 5.16. The van der Waals surface area contributed by atoms with Crippen molar-refractivity contribution in [3.05, 3.63) is 29.8 Å². The van der Waals surface area contributed by atoms with E-state index in [0.29, 0.717) is 12.5 Å².